The minimum atomic E-state index is -3.45. The Bertz CT molecular complexity index is 1430. The van der Waals surface area contributed by atoms with E-state index in [-0.39, 0.29) is 5.92 Å². The molecule has 2 aromatic carbocycles. The summed E-state index contributed by atoms with van der Waals surface area (Å²) in [5.41, 5.74) is 9.96. The molecule has 0 aliphatic carbocycles. The Morgan fingerprint density at radius 3 is 2.42 bits per heavy atom. The third kappa shape index (κ3) is 3.99. The molecule has 1 fully saturated rings. The van der Waals surface area contributed by atoms with Crippen LogP contribution < -0.4 is 5.73 Å². The number of aromatic amines is 1. The summed E-state index contributed by atoms with van der Waals surface area (Å²) in [6, 6.07) is 17.4. The molecule has 3 heterocycles. The van der Waals surface area contributed by atoms with E-state index >= 15 is 0 Å². The van der Waals surface area contributed by atoms with Crippen molar-refractivity contribution in [1.29, 1.82) is 0 Å². The molecule has 2 aromatic heterocycles. The molecule has 0 atom stereocenters. The monoisotopic (exact) mass is 479 g/mol. The molecule has 1 amide bonds. The molecular weight excluding hydrogens is 454 g/mol. The molecule has 0 saturated carbocycles. The minimum absolute atomic E-state index is 0.196. The van der Waals surface area contributed by atoms with Crippen LogP contribution in [-0.4, -0.2) is 36.7 Å². The molecule has 0 unspecified atom stereocenters. The number of rotatable bonds is 5. The highest BCUT2D eigenvalue weighted by atomic mass is 32.2. The van der Waals surface area contributed by atoms with Crippen LogP contribution in [0.2, 0.25) is 0 Å². The summed E-state index contributed by atoms with van der Waals surface area (Å²) in [5, 5.41) is 0.973. The molecule has 5 rings (SSSR count). The Balaban J connectivity index is 1.46. The van der Waals surface area contributed by atoms with E-state index in [9.17, 15) is 13.2 Å². The Morgan fingerprint density at radius 2 is 1.79 bits per heavy atom. The highest BCUT2D eigenvalue weighted by Gasteiger charge is 2.32. The van der Waals surface area contributed by atoms with Gasteiger partial charge in [0, 0.05) is 29.5 Å². The number of H-pyrrole nitrogens is 1. The van der Waals surface area contributed by atoms with E-state index in [0.29, 0.717) is 22.9 Å². The van der Waals surface area contributed by atoms with Crippen LogP contribution in [0, 0.1) is 6.92 Å². The summed E-state index contributed by atoms with van der Waals surface area (Å²) in [7, 11) is -3.45. The van der Waals surface area contributed by atoms with Crippen molar-refractivity contribution >= 4 is 38.2 Å². The number of sulfonamides is 1. The summed E-state index contributed by atoms with van der Waals surface area (Å²) < 4.78 is 28.0. The number of nitrogens with two attached hydrogens (primary N) is 1. The number of aryl methyl sites for hydroxylation is 1. The second-order valence-corrected chi connectivity index (χ2v) is 11.9. The van der Waals surface area contributed by atoms with Crippen molar-refractivity contribution in [3.63, 3.8) is 0 Å². The molecule has 0 spiro atoms. The van der Waals surface area contributed by atoms with E-state index in [4.69, 9.17) is 5.73 Å². The maximum Gasteiger partial charge on any atom is 0.252 e. The number of carbonyl (C=O) groups is 1. The standard InChI is InChI=1S/C25H25N3O3S2/c1-16-7-8-23(32-16)33(30,31)28-11-9-18(10-12-28)22-15-27-24-20(22)13-19(14-21(24)25(26)29)17-5-3-2-4-6-17/h2-8,13-15,18,27H,9-12H2,1H3,(H2,26,29). The number of thiophene rings is 1. The van der Waals surface area contributed by atoms with Gasteiger partial charge < -0.3 is 10.7 Å². The summed E-state index contributed by atoms with van der Waals surface area (Å²) in [6.07, 6.45) is 3.39. The zero-order chi connectivity index (χ0) is 23.2. The van der Waals surface area contributed by atoms with Gasteiger partial charge in [0.1, 0.15) is 4.21 Å². The zero-order valence-electron chi connectivity index (χ0n) is 18.2. The summed E-state index contributed by atoms with van der Waals surface area (Å²) in [4.78, 5) is 16.4. The van der Waals surface area contributed by atoms with Gasteiger partial charge in [0.2, 0.25) is 0 Å². The predicted octanol–water partition coefficient (Wildman–Crippen LogP) is 4.87. The van der Waals surface area contributed by atoms with E-state index in [1.54, 1.807) is 10.4 Å². The van der Waals surface area contributed by atoms with Crippen LogP contribution in [0.15, 0.2) is 65.0 Å². The lowest BCUT2D eigenvalue weighted by Crippen LogP contribution is -2.37. The second kappa shape index (κ2) is 8.44. The van der Waals surface area contributed by atoms with Crippen molar-refractivity contribution in [2.24, 2.45) is 5.73 Å². The van der Waals surface area contributed by atoms with Crippen molar-refractivity contribution in [3.8, 4) is 11.1 Å². The molecule has 33 heavy (non-hydrogen) atoms. The van der Waals surface area contributed by atoms with Crippen LogP contribution >= 0.6 is 11.3 Å². The number of primary amides is 1. The van der Waals surface area contributed by atoms with E-state index in [1.807, 2.05) is 55.6 Å². The maximum absolute atomic E-state index is 13.0. The van der Waals surface area contributed by atoms with Gasteiger partial charge in [-0.15, -0.1) is 11.3 Å². The molecule has 0 radical (unpaired) electrons. The Labute approximate surface area is 197 Å². The van der Waals surface area contributed by atoms with Gasteiger partial charge in [0.05, 0.1) is 11.1 Å². The van der Waals surface area contributed by atoms with Gasteiger partial charge in [0.15, 0.2) is 0 Å². The quantitative estimate of drug-likeness (QED) is 0.427. The third-order valence-electron chi connectivity index (χ3n) is 6.40. The van der Waals surface area contributed by atoms with Gasteiger partial charge in [-0.3, -0.25) is 4.79 Å². The average molecular weight is 480 g/mol. The molecule has 1 saturated heterocycles. The van der Waals surface area contributed by atoms with Gasteiger partial charge >= 0.3 is 0 Å². The number of hydrogen-bond acceptors (Lipinski definition) is 4. The molecule has 6 nitrogen and oxygen atoms in total. The fourth-order valence-corrected chi connectivity index (χ4v) is 7.57. The lowest BCUT2D eigenvalue weighted by molar-refractivity contribution is 0.100. The highest BCUT2D eigenvalue weighted by Crippen LogP contribution is 2.38. The number of benzene rings is 2. The minimum Gasteiger partial charge on any atom is -0.366 e. The Kier molecular flexibility index (Phi) is 5.60. The molecule has 1 aliphatic heterocycles. The van der Waals surface area contributed by atoms with E-state index in [0.717, 1.165) is 45.3 Å². The normalized spacial score (nSPS) is 15.8. The molecule has 8 heteroatoms. The van der Waals surface area contributed by atoms with Crippen LogP contribution in [0.3, 0.4) is 0 Å². The fraction of sp³-hybridized carbons (Fsp3) is 0.240. The van der Waals surface area contributed by atoms with Crippen molar-refractivity contribution in [3.05, 3.63) is 76.8 Å². The molecule has 1 aliphatic rings. The number of nitrogens with zero attached hydrogens (tertiary/aromatic N) is 1. The number of carbonyl (C=O) groups excluding carboxylic acids is 1. The average Bonchev–Trinajstić information content (AvgIpc) is 3.46. The van der Waals surface area contributed by atoms with Crippen molar-refractivity contribution in [2.75, 3.05) is 13.1 Å². The molecular formula is C25H25N3O3S2. The molecule has 170 valence electrons. The topological polar surface area (TPSA) is 96.3 Å². The van der Waals surface area contributed by atoms with Crippen LogP contribution in [0.1, 0.15) is 39.6 Å². The number of nitrogens with one attached hydrogen (secondary N) is 1. The smallest absolute Gasteiger partial charge is 0.252 e. The number of fused-ring (bicyclic) bond motifs is 1. The number of hydrogen-bond donors (Lipinski definition) is 2. The largest absolute Gasteiger partial charge is 0.366 e. The molecule has 3 N–H and O–H groups in total. The van der Waals surface area contributed by atoms with Gasteiger partial charge in [-0.1, -0.05) is 30.3 Å². The van der Waals surface area contributed by atoms with E-state index in [1.165, 1.54) is 11.3 Å². The first-order valence-corrected chi connectivity index (χ1v) is 13.2. The number of piperidine rings is 1. The first kappa shape index (κ1) is 21.9. The van der Waals surface area contributed by atoms with Gasteiger partial charge in [0.25, 0.3) is 15.9 Å². The summed E-state index contributed by atoms with van der Waals surface area (Å²) in [6.45, 7) is 2.85. The Morgan fingerprint density at radius 1 is 1.06 bits per heavy atom. The highest BCUT2D eigenvalue weighted by molar-refractivity contribution is 7.91. The van der Waals surface area contributed by atoms with Gasteiger partial charge in [-0.2, -0.15) is 4.31 Å². The van der Waals surface area contributed by atoms with Gasteiger partial charge in [-0.05, 0) is 66.6 Å². The first-order chi connectivity index (χ1) is 15.8. The lowest BCUT2D eigenvalue weighted by Gasteiger charge is -2.30. The van der Waals surface area contributed by atoms with E-state index in [2.05, 4.69) is 11.1 Å². The zero-order valence-corrected chi connectivity index (χ0v) is 19.9. The lowest BCUT2D eigenvalue weighted by atomic mass is 9.88. The number of amides is 1. The van der Waals surface area contributed by atoms with Crippen molar-refractivity contribution in [1.82, 2.24) is 9.29 Å². The van der Waals surface area contributed by atoms with Crippen LogP contribution in [-0.2, 0) is 10.0 Å². The third-order valence-corrected chi connectivity index (χ3v) is 9.76. The SMILES string of the molecule is Cc1ccc(S(=O)(=O)N2CCC(c3c[nH]c4c(C(N)=O)cc(-c5ccccc5)cc34)CC2)s1. The van der Waals surface area contributed by atoms with Crippen molar-refractivity contribution in [2.45, 2.75) is 29.9 Å². The predicted molar refractivity (Wildman–Crippen MR) is 132 cm³/mol. The van der Waals surface area contributed by atoms with Gasteiger partial charge in [-0.25, -0.2) is 8.42 Å². The molecule has 0 bridgehead atoms. The number of aromatic nitrogens is 1. The van der Waals surface area contributed by atoms with Crippen LogP contribution in [0.4, 0.5) is 0 Å². The Hall–Kier alpha value is -2.94. The maximum atomic E-state index is 13.0. The summed E-state index contributed by atoms with van der Waals surface area (Å²) >= 11 is 1.31. The van der Waals surface area contributed by atoms with Crippen LogP contribution in [0.25, 0.3) is 22.0 Å². The second-order valence-electron chi connectivity index (χ2n) is 8.46. The van der Waals surface area contributed by atoms with Crippen LogP contribution in [0.5, 0.6) is 0 Å². The van der Waals surface area contributed by atoms with E-state index < -0.39 is 15.9 Å². The summed E-state index contributed by atoms with van der Waals surface area (Å²) in [5.74, 6) is -0.277. The molecule has 4 aromatic rings. The first-order valence-electron chi connectivity index (χ1n) is 10.9. The fourth-order valence-electron chi connectivity index (χ4n) is 4.67. The van der Waals surface area contributed by atoms with Crippen molar-refractivity contribution < 1.29 is 13.2 Å².